The molecule has 2 heterocycles. The fourth-order valence-electron chi connectivity index (χ4n) is 2.03. The topological polar surface area (TPSA) is 45.2 Å². The highest BCUT2D eigenvalue weighted by Crippen LogP contribution is 2.28. The number of pyridine rings is 1. The quantitative estimate of drug-likeness (QED) is 0.889. The zero-order valence-electron chi connectivity index (χ0n) is 10.4. The number of nitrogens with one attached hydrogen (secondary N) is 1. The Morgan fingerprint density at radius 2 is 2.21 bits per heavy atom. The van der Waals surface area contributed by atoms with Crippen molar-refractivity contribution in [2.45, 2.75) is 18.6 Å². The Kier molecular flexibility index (Phi) is 3.75. The first-order valence-electron chi connectivity index (χ1n) is 5.91. The number of likely N-dealkylation sites (tertiary alicyclic amines) is 1. The van der Waals surface area contributed by atoms with Crippen LogP contribution in [0.5, 0.6) is 0 Å². The van der Waals surface area contributed by atoms with Crippen molar-refractivity contribution in [2.75, 3.05) is 20.1 Å². The summed E-state index contributed by atoms with van der Waals surface area (Å²) in [5.74, 6) is -0.327. The molecule has 1 amide bonds. The van der Waals surface area contributed by atoms with Gasteiger partial charge in [0.25, 0.3) is 5.91 Å². The third kappa shape index (κ3) is 3.04. The van der Waals surface area contributed by atoms with Gasteiger partial charge in [-0.3, -0.25) is 9.78 Å². The minimum Gasteiger partial charge on any atom is -0.336 e. The lowest BCUT2D eigenvalue weighted by Crippen LogP contribution is -2.33. The second-order valence-electron chi connectivity index (χ2n) is 4.46. The average Bonchev–Trinajstić information content (AvgIpc) is 2.86. The molecule has 1 fully saturated rings. The van der Waals surface area contributed by atoms with E-state index >= 15 is 0 Å². The summed E-state index contributed by atoms with van der Waals surface area (Å²) in [6.07, 6.45) is -2.90. The summed E-state index contributed by atoms with van der Waals surface area (Å²) < 4.78 is 37.1. The van der Waals surface area contributed by atoms with Gasteiger partial charge in [0.2, 0.25) is 0 Å². The second-order valence-corrected chi connectivity index (χ2v) is 4.46. The van der Waals surface area contributed by atoms with Gasteiger partial charge in [-0.15, -0.1) is 0 Å². The number of aromatic nitrogens is 1. The first-order valence-corrected chi connectivity index (χ1v) is 5.91. The fraction of sp³-hybridized carbons (Fsp3) is 0.500. The molecule has 1 saturated heterocycles. The fourth-order valence-corrected chi connectivity index (χ4v) is 2.03. The molecule has 1 aliphatic heterocycles. The second kappa shape index (κ2) is 5.16. The highest BCUT2D eigenvalue weighted by Gasteiger charge is 2.32. The number of rotatable bonds is 2. The molecular formula is C12H14F3N3O. The molecule has 1 atom stereocenters. The van der Waals surface area contributed by atoms with Gasteiger partial charge < -0.3 is 10.2 Å². The monoisotopic (exact) mass is 273 g/mol. The van der Waals surface area contributed by atoms with E-state index in [0.717, 1.165) is 18.6 Å². The molecule has 0 spiro atoms. The molecule has 1 unspecified atom stereocenters. The molecule has 1 N–H and O–H groups in total. The lowest BCUT2D eigenvalue weighted by atomic mass is 10.2. The summed E-state index contributed by atoms with van der Waals surface area (Å²) in [5.41, 5.74) is -0.802. The standard InChI is InChI=1S/C12H14F3N3O/c1-16-9-4-5-18(7-9)11(19)10-3-2-8(6-17-10)12(13,14)15/h2-3,6,9,16H,4-5,7H2,1H3. The van der Waals surface area contributed by atoms with E-state index in [1.54, 1.807) is 4.90 Å². The molecule has 1 aromatic heterocycles. The lowest BCUT2D eigenvalue weighted by Gasteiger charge is -2.16. The Morgan fingerprint density at radius 1 is 1.47 bits per heavy atom. The summed E-state index contributed by atoms with van der Waals surface area (Å²) in [5, 5.41) is 3.07. The van der Waals surface area contributed by atoms with Crippen LogP contribution in [0.3, 0.4) is 0 Å². The van der Waals surface area contributed by atoms with E-state index in [1.165, 1.54) is 0 Å². The number of likely N-dealkylation sites (N-methyl/N-ethyl adjacent to an activating group) is 1. The maximum Gasteiger partial charge on any atom is 0.417 e. The van der Waals surface area contributed by atoms with E-state index in [0.29, 0.717) is 19.3 Å². The lowest BCUT2D eigenvalue weighted by molar-refractivity contribution is -0.137. The molecule has 0 aromatic carbocycles. The molecular weight excluding hydrogens is 259 g/mol. The van der Waals surface area contributed by atoms with Gasteiger partial charge in [-0.2, -0.15) is 13.2 Å². The third-order valence-corrected chi connectivity index (χ3v) is 3.19. The van der Waals surface area contributed by atoms with Crippen molar-refractivity contribution in [2.24, 2.45) is 0 Å². The zero-order valence-corrected chi connectivity index (χ0v) is 10.4. The summed E-state index contributed by atoms with van der Waals surface area (Å²) >= 11 is 0. The molecule has 19 heavy (non-hydrogen) atoms. The number of nitrogens with zero attached hydrogens (tertiary/aromatic N) is 2. The summed E-state index contributed by atoms with van der Waals surface area (Å²) in [7, 11) is 1.81. The van der Waals surface area contributed by atoms with Crippen LogP contribution >= 0.6 is 0 Å². The summed E-state index contributed by atoms with van der Waals surface area (Å²) in [6, 6.07) is 2.24. The largest absolute Gasteiger partial charge is 0.417 e. The van der Waals surface area contributed by atoms with Gasteiger partial charge in [0.15, 0.2) is 0 Å². The number of alkyl halides is 3. The molecule has 1 aromatic rings. The van der Waals surface area contributed by atoms with Gasteiger partial charge in [-0.05, 0) is 25.6 Å². The number of carbonyl (C=O) groups excluding carboxylic acids is 1. The van der Waals surface area contributed by atoms with Crippen LogP contribution in [-0.2, 0) is 6.18 Å². The van der Waals surface area contributed by atoms with E-state index in [4.69, 9.17) is 0 Å². The van der Waals surface area contributed by atoms with E-state index in [9.17, 15) is 18.0 Å². The molecule has 1 aliphatic rings. The molecule has 0 radical (unpaired) electrons. The van der Waals surface area contributed by atoms with E-state index in [2.05, 4.69) is 10.3 Å². The van der Waals surface area contributed by atoms with Gasteiger partial charge in [-0.1, -0.05) is 0 Å². The molecule has 0 saturated carbocycles. The van der Waals surface area contributed by atoms with Gasteiger partial charge in [-0.25, -0.2) is 0 Å². The van der Waals surface area contributed by atoms with Gasteiger partial charge in [0, 0.05) is 25.3 Å². The number of halogens is 3. The Balaban J connectivity index is 2.08. The van der Waals surface area contributed by atoms with Crippen molar-refractivity contribution >= 4 is 5.91 Å². The number of hydrogen-bond donors (Lipinski definition) is 1. The van der Waals surface area contributed by atoms with Crippen LogP contribution in [-0.4, -0.2) is 42.0 Å². The van der Waals surface area contributed by atoms with E-state index in [-0.39, 0.29) is 17.6 Å². The highest BCUT2D eigenvalue weighted by molar-refractivity contribution is 5.92. The highest BCUT2D eigenvalue weighted by atomic mass is 19.4. The average molecular weight is 273 g/mol. The maximum absolute atomic E-state index is 12.4. The van der Waals surface area contributed by atoms with Crippen LogP contribution in [0.1, 0.15) is 22.5 Å². The summed E-state index contributed by atoms with van der Waals surface area (Å²) in [4.78, 5) is 17.2. The number of carbonyl (C=O) groups is 1. The Bertz CT molecular complexity index is 458. The van der Waals surface area contributed by atoms with Crippen molar-refractivity contribution in [1.82, 2.24) is 15.2 Å². The van der Waals surface area contributed by atoms with Gasteiger partial charge in [0.05, 0.1) is 5.56 Å². The third-order valence-electron chi connectivity index (χ3n) is 3.19. The van der Waals surface area contributed by atoms with Crippen LogP contribution in [0.2, 0.25) is 0 Å². The SMILES string of the molecule is CNC1CCN(C(=O)c2ccc(C(F)(F)F)cn2)C1. The van der Waals surface area contributed by atoms with Gasteiger partial charge >= 0.3 is 6.18 Å². The van der Waals surface area contributed by atoms with Gasteiger partial charge in [0.1, 0.15) is 5.69 Å². The number of hydrogen-bond acceptors (Lipinski definition) is 3. The van der Waals surface area contributed by atoms with Crippen LogP contribution < -0.4 is 5.32 Å². The van der Waals surface area contributed by atoms with Crippen LogP contribution in [0.4, 0.5) is 13.2 Å². The van der Waals surface area contributed by atoms with Crippen molar-refractivity contribution in [3.63, 3.8) is 0 Å². The van der Waals surface area contributed by atoms with Crippen LogP contribution in [0.15, 0.2) is 18.3 Å². The van der Waals surface area contributed by atoms with Crippen LogP contribution in [0, 0.1) is 0 Å². The molecule has 0 bridgehead atoms. The van der Waals surface area contributed by atoms with Crippen molar-refractivity contribution < 1.29 is 18.0 Å². The minimum absolute atomic E-state index is 0.0461. The van der Waals surface area contributed by atoms with Crippen molar-refractivity contribution in [1.29, 1.82) is 0 Å². The van der Waals surface area contributed by atoms with E-state index < -0.39 is 11.7 Å². The Hall–Kier alpha value is -1.63. The predicted octanol–water partition coefficient (Wildman–Crippen LogP) is 1.53. The molecule has 2 rings (SSSR count). The number of amides is 1. The van der Waals surface area contributed by atoms with Crippen LogP contribution in [0.25, 0.3) is 0 Å². The molecule has 4 nitrogen and oxygen atoms in total. The molecule has 104 valence electrons. The maximum atomic E-state index is 12.4. The molecule has 7 heteroatoms. The van der Waals surface area contributed by atoms with Crippen molar-refractivity contribution in [3.05, 3.63) is 29.6 Å². The Morgan fingerprint density at radius 3 is 2.68 bits per heavy atom. The Labute approximate surface area is 108 Å². The zero-order chi connectivity index (χ0) is 14.0. The smallest absolute Gasteiger partial charge is 0.336 e. The minimum atomic E-state index is -4.43. The van der Waals surface area contributed by atoms with E-state index in [1.807, 2.05) is 7.05 Å². The predicted molar refractivity (Wildman–Crippen MR) is 62.6 cm³/mol. The first kappa shape index (κ1) is 13.8. The first-order chi connectivity index (χ1) is 8.91. The summed E-state index contributed by atoms with van der Waals surface area (Å²) in [6.45, 7) is 1.14. The molecule has 0 aliphatic carbocycles. The van der Waals surface area contributed by atoms with Crippen molar-refractivity contribution in [3.8, 4) is 0 Å². The normalized spacial score (nSPS) is 19.8.